The minimum atomic E-state index is 0.219. The molecule has 0 spiro atoms. The Hall–Kier alpha value is -1.26. The zero-order valence-corrected chi connectivity index (χ0v) is 15.7. The van der Waals surface area contributed by atoms with Gasteiger partial charge in [0.2, 0.25) is 0 Å². The summed E-state index contributed by atoms with van der Waals surface area (Å²) in [6, 6.07) is 8.30. The molecule has 0 aliphatic heterocycles. The van der Waals surface area contributed by atoms with E-state index in [4.69, 9.17) is 16.3 Å². The predicted octanol–water partition coefficient (Wildman–Crippen LogP) is 3.74. The smallest absolute Gasteiger partial charge is 0.191 e. The first-order valence-electron chi connectivity index (χ1n) is 8.98. The lowest BCUT2D eigenvalue weighted by molar-refractivity contribution is 0.143. The van der Waals surface area contributed by atoms with Crippen LogP contribution in [0.2, 0.25) is 5.02 Å². The minimum absolute atomic E-state index is 0.219. The van der Waals surface area contributed by atoms with Gasteiger partial charge in [-0.25, -0.2) is 0 Å². The highest BCUT2D eigenvalue weighted by molar-refractivity contribution is 6.30. The summed E-state index contributed by atoms with van der Waals surface area (Å²) in [6.07, 6.45) is 5.88. The van der Waals surface area contributed by atoms with Crippen LogP contribution in [0.15, 0.2) is 29.3 Å². The first-order chi connectivity index (χ1) is 11.7. The second-order valence-electron chi connectivity index (χ2n) is 6.40. The molecule has 0 aromatic heterocycles. The molecular weight excluding hydrogens is 322 g/mol. The summed E-state index contributed by atoms with van der Waals surface area (Å²) in [5, 5.41) is 7.69. The summed E-state index contributed by atoms with van der Waals surface area (Å²) in [5.41, 5.74) is 1.59. The first-order valence-corrected chi connectivity index (χ1v) is 9.36. The molecule has 5 heteroatoms. The fourth-order valence-corrected chi connectivity index (χ4v) is 3.25. The SMILES string of the molecule is CCOCCCCNC(=NC)NCC1(c2ccc(Cl)cc2)CCC1. The molecule has 1 aromatic carbocycles. The van der Waals surface area contributed by atoms with Crippen molar-refractivity contribution in [2.45, 2.75) is 44.4 Å². The number of aliphatic imine (C=N–C) groups is 1. The molecule has 24 heavy (non-hydrogen) atoms. The van der Waals surface area contributed by atoms with E-state index in [0.29, 0.717) is 0 Å². The average Bonchev–Trinajstić information content (AvgIpc) is 2.56. The van der Waals surface area contributed by atoms with Gasteiger partial charge in [-0.3, -0.25) is 4.99 Å². The second-order valence-corrected chi connectivity index (χ2v) is 6.83. The third kappa shape index (κ3) is 5.38. The second kappa shape index (κ2) is 9.90. The van der Waals surface area contributed by atoms with E-state index in [1.807, 2.05) is 26.1 Å². The van der Waals surface area contributed by atoms with Crippen LogP contribution >= 0.6 is 11.6 Å². The van der Waals surface area contributed by atoms with Gasteiger partial charge < -0.3 is 15.4 Å². The molecule has 0 unspecified atom stereocenters. The highest BCUT2D eigenvalue weighted by atomic mass is 35.5. The van der Waals surface area contributed by atoms with E-state index in [0.717, 1.165) is 50.1 Å². The zero-order valence-electron chi connectivity index (χ0n) is 14.9. The number of ether oxygens (including phenoxy) is 1. The molecule has 0 atom stereocenters. The van der Waals surface area contributed by atoms with Crippen molar-refractivity contribution in [1.29, 1.82) is 0 Å². The quantitative estimate of drug-likeness (QED) is 0.404. The molecule has 1 aliphatic carbocycles. The Morgan fingerprint density at radius 3 is 2.54 bits per heavy atom. The third-order valence-electron chi connectivity index (χ3n) is 4.80. The molecule has 2 rings (SSSR count). The van der Waals surface area contributed by atoms with Gasteiger partial charge in [0.15, 0.2) is 5.96 Å². The number of rotatable bonds is 9. The van der Waals surface area contributed by atoms with Crippen molar-refractivity contribution in [2.75, 3.05) is 33.4 Å². The summed E-state index contributed by atoms with van der Waals surface area (Å²) in [4.78, 5) is 4.33. The van der Waals surface area contributed by atoms with Crippen LogP contribution in [0.25, 0.3) is 0 Å². The predicted molar refractivity (Wildman–Crippen MR) is 102 cm³/mol. The molecule has 2 N–H and O–H groups in total. The molecule has 0 bridgehead atoms. The van der Waals surface area contributed by atoms with Crippen LogP contribution < -0.4 is 10.6 Å². The number of halogens is 1. The van der Waals surface area contributed by atoms with Crippen LogP contribution in [-0.2, 0) is 10.2 Å². The number of benzene rings is 1. The Morgan fingerprint density at radius 1 is 1.21 bits per heavy atom. The summed E-state index contributed by atoms with van der Waals surface area (Å²) in [7, 11) is 1.82. The molecule has 0 radical (unpaired) electrons. The molecule has 0 heterocycles. The topological polar surface area (TPSA) is 45.6 Å². The summed E-state index contributed by atoms with van der Waals surface area (Å²) < 4.78 is 5.36. The molecule has 0 amide bonds. The highest BCUT2D eigenvalue weighted by Crippen LogP contribution is 2.43. The number of guanidine groups is 1. The lowest BCUT2D eigenvalue weighted by Crippen LogP contribution is -2.49. The molecule has 1 saturated carbocycles. The van der Waals surface area contributed by atoms with E-state index in [2.05, 4.69) is 27.8 Å². The summed E-state index contributed by atoms with van der Waals surface area (Å²) >= 11 is 6.02. The maximum atomic E-state index is 6.02. The van der Waals surface area contributed by atoms with Gasteiger partial charge >= 0.3 is 0 Å². The number of hydrogen-bond acceptors (Lipinski definition) is 2. The van der Waals surface area contributed by atoms with E-state index in [9.17, 15) is 0 Å². The van der Waals surface area contributed by atoms with Gasteiger partial charge in [0, 0.05) is 43.8 Å². The Kier molecular flexibility index (Phi) is 7.86. The van der Waals surface area contributed by atoms with E-state index >= 15 is 0 Å². The minimum Gasteiger partial charge on any atom is -0.382 e. The van der Waals surface area contributed by atoms with E-state index < -0.39 is 0 Å². The first kappa shape index (κ1) is 19.1. The van der Waals surface area contributed by atoms with Crippen LogP contribution in [0.3, 0.4) is 0 Å². The Balaban J connectivity index is 1.78. The standard InChI is InChI=1S/C19H30ClN3O/c1-3-24-14-5-4-13-22-18(21-2)23-15-19(11-6-12-19)16-7-9-17(20)10-8-16/h7-10H,3-6,11-15H2,1-2H3,(H2,21,22,23). The molecule has 4 nitrogen and oxygen atoms in total. The third-order valence-corrected chi connectivity index (χ3v) is 5.05. The fourth-order valence-electron chi connectivity index (χ4n) is 3.13. The number of nitrogens with zero attached hydrogens (tertiary/aromatic N) is 1. The van der Waals surface area contributed by atoms with Gasteiger partial charge in [-0.1, -0.05) is 30.2 Å². The van der Waals surface area contributed by atoms with Gasteiger partial charge in [0.1, 0.15) is 0 Å². The van der Waals surface area contributed by atoms with Crippen molar-refractivity contribution in [2.24, 2.45) is 4.99 Å². The summed E-state index contributed by atoms with van der Waals surface area (Å²) in [5.74, 6) is 0.881. The van der Waals surface area contributed by atoms with E-state index in [-0.39, 0.29) is 5.41 Å². The Morgan fingerprint density at radius 2 is 1.96 bits per heavy atom. The van der Waals surface area contributed by atoms with Crippen molar-refractivity contribution >= 4 is 17.6 Å². The van der Waals surface area contributed by atoms with Crippen molar-refractivity contribution < 1.29 is 4.74 Å². The van der Waals surface area contributed by atoms with Gasteiger partial charge in [-0.2, -0.15) is 0 Å². The van der Waals surface area contributed by atoms with Gasteiger partial charge in [0.25, 0.3) is 0 Å². The van der Waals surface area contributed by atoms with Gasteiger partial charge in [-0.15, -0.1) is 0 Å². The van der Waals surface area contributed by atoms with Crippen LogP contribution in [0, 0.1) is 0 Å². The number of hydrogen-bond donors (Lipinski definition) is 2. The Labute approximate surface area is 151 Å². The van der Waals surface area contributed by atoms with Crippen LogP contribution in [0.4, 0.5) is 0 Å². The molecular formula is C19H30ClN3O. The van der Waals surface area contributed by atoms with Gasteiger partial charge in [0.05, 0.1) is 0 Å². The average molecular weight is 352 g/mol. The van der Waals surface area contributed by atoms with Crippen molar-refractivity contribution in [3.8, 4) is 0 Å². The van der Waals surface area contributed by atoms with E-state index in [1.54, 1.807) is 0 Å². The largest absolute Gasteiger partial charge is 0.382 e. The van der Waals surface area contributed by atoms with Crippen LogP contribution in [-0.4, -0.2) is 39.3 Å². The monoisotopic (exact) mass is 351 g/mol. The molecule has 134 valence electrons. The van der Waals surface area contributed by atoms with Crippen molar-refractivity contribution in [1.82, 2.24) is 10.6 Å². The molecule has 1 fully saturated rings. The molecule has 0 saturated heterocycles. The Bertz CT molecular complexity index is 512. The maximum absolute atomic E-state index is 6.02. The lowest BCUT2D eigenvalue weighted by atomic mass is 9.64. The van der Waals surface area contributed by atoms with E-state index in [1.165, 1.54) is 24.8 Å². The van der Waals surface area contributed by atoms with Gasteiger partial charge in [-0.05, 0) is 50.3 Å². The fraction of sp³-hybridized carbons (Fsp3) is 0.632. The molecule has 1 aliphatic rings. The normalized spacial score (nSPS) is 16.5. The molecule has 1 aromatic rings. The van der Waals surface area contributed by atoms with Crippen LogP contribution in [0.1, 0.15) is 44.6 Å². The maximum Gasteiger partial charge on any atom is 0.191 e. The lowest BCUT2D eigenvalue weighted by Gasteiger charge is -2.43. The zero-order chi connectivity index (χ0) is 17.3. The van der Waals surface area contributed by atoms with Crippen molar-refractivity contribution in [3.05, 3.63) is 34.9 Å². The number of nitrogens with one attached hydrogen (secondary N) is 2. The number of unbranched alkanes of at least 4 members (excludes halogenated alkanes) is 1. The van der Waals surface area contributed by atoms with Crippen molar-refractivity contribution in [3.63, 3.8) is 0 Å². The van der Waals surface area contributed by atoms with Crippen LogP contribution in [0.5, 0.6) is 0 Å². The summed E-state index contributed by atoms with van der Waals surface area (Å²) in [6.45, 7) is 5.49. The highest BCUT2D eigenvalue weighted by Gasteiger charge is 2.38.